The van der Waals surface area contributed by atoms with E-state index in [0.717, 1.165) is 5.01 Å². The summed E-state index contributed by atoms with van der Waals surface area (Å²) in [4.78, 5) is 20.5. The van der Waals surface area contributed by atoms with Gasteiger partial charge in [-0.05, 0) is 6.42 Å². The Kier molecular flexibility index (Phi) is 4.24. The van der Waals surface area contributed by atoms with Crippen molar-refractivity contribution in [2.45, 2.75) is 18.9 Å². The molecule has 0 fully saturated rings. The standard InChI is InChI=1S/C6H12N2O4/c1-8(7)4(6(11)12)2-3-5(9)10/h4H,2-3,7H2,1H3,(H,9,10)(H,11,12). The topological polar surface area (TPSA) is 104 Å². The summed E-state index contributed by atoms with van der Waals surface area (Å²) in [6.45, 7) is 0. The zero-order valence-electron chi connectivity index (χ0n) is 6.73. The quantitative estimate of drug-likeness (QED) is 0.371. The second-order valence-electron chi connectivity index (χ2n) is 2.45. The third kappa shape index (κ3) is 3.89. The number of nitrogens with zero attached hydrogens (tertiary/aromatic N) is 1. The van der Waals surface area contributed by atoms with E-state index in [1.165, 1.54) is 7.05 Å². The molecule has 0 bridgehead atoms. The lowest BCUT2D eigenvalue weighted by molar-refractivity contribution is -0.144. The molecule has 0 aliphatic carbocycles. The van der Waals surface area contributed by atoms with Crippen LogP contribution in [-0.4, -0.2) is 40.3 Å². The SMILES string of the molecule is CN(N)C(CCC(=O)O)C(=O)O. The normalized spacial score (nSPS) is 12.9. The van der Waals surface area contributed by atoms with Crippen LogP contribution in [-0.2, 0) is 9.59 Å². The van der Waals surface area contributed by atoms with Gasteiger partial charge in [0.2, 0.25) is 0 Å². The predicted octanol–water partition coefficient (Wildman–Crippen LogP) is -0.890. The summed E-state index contributed by atoms with van der Waals surface area (Å²) < 4.78 is 0. The molecule has 0 saturated carbocycles. The molecule has 0 spiro atoms. The average molecular weight is 176 g/mol. The Hall–Kier alpha value is -1.14. The maximum absolute atomic E-state index is 10.4. The summed E-state index contributed by atoms with van der Waals surface area (Å²) in [6, 6.07) is -0.930. The smallest absolute Gasteiger partial charge is 0.322 e. The lowest BCUT2D eigenvalue weighted by atomic mass is 10.1. The van der Waals surface area contributed by atoms with E-state index < -0.39 is 18.0 Å². The second kappa shape index (κ2) is 4.68. The van der Waals surface area contributed by atoms with Crippen molar-refractivity contribution in [3.63, 3.8) is 0 Å². The van der Waals surface area contributed by atoms with E-state index in [2.05, 4.69) is 0 Å². The number of aliphatic carboxylic acids is 2. The number of hydrogen-bond donors (Lipinski definition) is 3. The molecule has 0 aromatic rings. The summed E-state index contributed by atoms with van der Waals surface area (Å²) in [6.07, 6.45) is -0.184. The molecule has 70 valence electrons. The van der Waals surface area contributed by atoms with Crippen LogP contribution < -0.4 is 5.84 Å². The molecule has 0 saturated heterocycles. The molecule has 0 radical (unpaired) electrons. The van der Waals surface area contributed by atoms with Gasteiger partial charge in [-0.25, -0.2) is 5.01 Å². The van der Waals surface area contributed by atoms with Crippen LogP contribution >= 0.6 is 0 Å². The fourth-order valence-corrected chi connectivity index (χ4v) is 0.762. The molecule has 0 aliphatic rings. The van der Waals surface area contributed by atoms with Crippen molar-refractivity contribution >= 4 is 11.9 Å². The van der Waals surface area contributed by atoms with E-state index >= 15 is 0 Å². The molecule has 0 aliphatic heterocycles. The van der Waals surface area contributed by atoms with Crippen molar-refractivity contribution in [2.75, 3.05) is 7.05 Å². The Labute approximate surface area is 69.5 Å². The van der Waals surface area contributed by atoms with Gasteiger partial charge in [0, 0.05) is 13.5 Å². The van der Waals surface area contributed by atoms with Crippen LogP contribution in [0.4, 0.5) is 0 Å². The molecule has 4 N–H and O–H groups in total. The molecular weight excluding hydrogens is 164 g/mol. The number of nitrogens with two attached hydrogens (primary N) is 1. The van der Waals surface area contributed by atoms with Gasteiger partial charge in [0.1, 0.15) is 6.04 Å². The van der Waals surface area contributed by atoms with E-state index in [0.29, 0.717) is 0 Å². The zero-order chi connectivity index (χ0) is 9.72. The summed E-state index contributed by atoms with van der Waals surface area (Å²) in [7, 11) is 1.39. The highest BCUT2D eigenvalue weighted by Gasteiger charge is 2.20. The van der Waals surface area contributed by atoms with Gasteiger partial charge in [0.05, 0.1) is 0 Å². The number of hydrazine groups is 1. The van der Waals surface area contributed by atoms with Gasteiger partial charge in [0.25, 0.3) is 0 Å². The van der Waals surface area contributed by atoms with Gasteiger partial charge < -0.3 is 10.2 Å². The van der Waals surface area contributed by atoms with Gasteiger partial charge in [-0.15, -0.1) is 0 Å². The number of carboxylic acid groups (broad SMARTS) is 2. The molecule has 0 aromatic heterocycles. The lowest BCUT2D eigenvalue weighted by Gasteiger charge is -2.18. The van der Waals surface area contributed by atoms with Gasteiger partial charge in [-0.2, -0.15) is 0 Å². The fourth-order valence-electron chi connectivity index (χ4n) is 0.762. The highest BCUT2D eigenvalue weighted by molar-refractivity contribution is 5.74. The average Bonchev–Trinajstić information content (AvgIpc) is 1.84. The minimum atomic E-state index is -1.11. The van der Waals surface area contributed by atoms with Crippen LogP contribution in [0.5, 0.6) is 0 Å². The van der Waals surface area contributed by atoms with Crippen LogP contribution in [0.15, 0.2) is 0 Å². The van der Waals surface area contributed by atoms with Gasteiger partial charge >= 0.3 is 11.9 Å². The Morgan fingerprint density at radius 2 is 2.00 bits per heavy atom. The molecule has 0 amide bonds. The van der Waals surface area contributed by atoms with Crippen molar-refractivity contribution in [2.24, 2.45) is 5.84 Å². The lowest BCUT2D eigenvalue weighted by Crippen LogP contribution is -2.43. The van der Waals surface area contributed by atoms with Crippen LogP contribution in [0.25, 0.3) is 0 Å². The van der Waals surface area contributed by atoms with Crippen LogP contribution in [0.1, 0.15) is 12.8 Å². The highest BCUT2D eigenvalue weighted by atomic mass is 16.4. The van der Waals surface area contributed by atoms with Gasteiger partial charge in [-0.3, -0.25) is 15.4 Å². The minimum absolute atomic E-state index is 0.0116. The van der Waals surface area contributed by atoms with Crippen molar-refractivity contribution in [3.05, 3.63) is 0 Å². The summed E-state index contributed by atoms with van der Waals surface area (Å²) in [5.41, 5.74) is 0. The Bertz CT molecular complexity index is 180. The molecule has 0 aromatic carbocycles. The maximum Gasteiger partial charge on any atom is 0.322 e. The third-order valence-electron chi connectivity index (χ3n) is 1.41. The number of carbonyl (C=O) groups is 2. The molecule has 6 nitrogen and oxygen atoms in total. The zero-order valence-corrected chi connectivity index (χ0v) is 6.73. The molecule has 1 unspecified atom stereocenters. The van der Waals surface area contributed by atoms with E-state index in [4.69, 9.17) is 16.1 Å². The third-order valence-corrected chi connectivity index (χ3v) is 1.41. The van der Waals surface area contributed by atoms with Crippen molar-refractivity contribution < 1.29 is 19.8 Å². The predicted molar refractivity (Wildman–Crippen MR) is 40.2 cm³/mol. The maximum atomic E-state index is 10.4. The van der Waals surface area contributed by atoms with Crippen molar-refractivity contribution in [3.8, 4) is 0 Å². The number of rotatable bonds is 5. The molecule has 1 atom stereocenters. The monoisotopic (exact) mass is 176 g/mol. The van der Waals surface area contributed by atoms with Crippen molar-refractivity contribution in [1.82, 2.24) is 5.01 Å². The first-order valence-corrected chi connectivity index (χ1v) is 3.37. The Morgan fingerprint density at radius 1 is 1.50 bits per heavy atom. The van der Waals surface area contributed by atoms with E-state index in [1.54, 1.807) is 0 Å². The van der Waals surface area contributed by atoms with Gasteiger partial charge in [-0.1, -0.05) is 0 Å². The number of likely N-dealkylation sites (N-methyl/N-ethyl adjacent to an activating group) is 1. The van der Waals surface area contributed by atoms with E-state index in [1.807, 2.05) is 0 Å². The van der Waals surface area contributed by atoms with Crippen LogP contribution in [0.2, 0.25) is 0 Å². The summed E-state index contributed by atoms with van der Waals surface area (Å²) in [5.74, 6) is 3.05. The van der Waals surface area contributed by atoms with E-state index in [9.17, 15) is 9.59 Å². The number of carboxylic acids is 2. The largest absolute Gasteiger partial charge is 0.481 e. The van der Waals surface area contributed by atoms with Gasteiger partial charge in [0.15, 0.2) is 0 Å². The first kappa shape index (κ1) is 10.9. The Balaban J connectivity index is 3.97. The second-order valence-corrected chi connectivity index (χ2v) is 2.45. The van der Waals surface area contributed by atoms with Crippen LogP contribution in [0, 0.1) is 0 Å². The first-order valence-electron chi connectivity index (χ1n) is 3.37. The number of hydrogen-bond acceptors (Lipinski definition) is 4. The minimum Gasteiger partial charge on any atom is -0.481 e. The summed E-state index contributed by atoms with van der Waals surface area (Å²) in [5, 5.41) is 17.8. The van der Waals surface area contributed by atoms with Crippen molar-refractivity contribution in [1.29, 1.82) is 0 Å². The molecule has 0 heterocycles. The fraction of sp³-hybridized carbons (Fsp3) is 0.667. The first-order chi connectivity index (χ1) is 5.45. The molecule has 6 heteroatoms. The Morgan fingerprint density at radius 3 is 2.25 bits per heavy atom. The molecule has 12 heavy (non-hydrogen) atoms. The summed E-state index contributed by atoms with van der Waals surface area (Å²) >= 11 is 0. The molecule has 0 rings (SSSR count). The highest BCUT2D eigenvalue weighted by Crippen LogP contribution is 2.01. The van der Waals surface area contributed by atoms with Crippen LogP contribution in [0.3, 0.4) is 0 Å². The van der Waals surface area contributed by atoms with E-state index in [-0.39, 0.29) is 12.8 Å². The molecular formula is C6H12N2O4.